The number of hydrogen-bond acceptors (Lipinski definition) is 11. The van der Waals surface area contributed by atoms with Gasteiger partial charge in [-0.1, -0.05) is 64.4 Å². The van der Waals surface area contributed by atoms with Crippen molar-refractivity contribution in [1.82, 2.24) is 41.0 Å². The maximum Gasteiger partial charge on any atom is 0.327 e. The van der Waals surface area contributed by atoms with Crippen LogP contribution in [0.25, 0.3) is 11.1 Å². The normalized spacial score (nSPS) is 13.3. The van der Waals surface area contributed by atoms with Crippen LogP contribution in [0.4, 0.5) is 8.78 Å². The predicted octanol–water partition coefficient (Wildman–Crippen LogP) is 3.38. The van der Waals surface area contributed by atoms with Gasteiger partial charge in [-0.15, -0.1) is 11.8 Å². The summed E-state index contributed by atoms with van der Waals surface area (Å²) < 4.78 is 31.9. The van der Waals surface area contributed by atoms with E-state index in [2.05, 4.69) is 31.6 Å². The summed E-state index contributed by atoms with van der Waals surface area (Å²) >= 11 is 0.947. The summed E-state index contributed by atoms with van der Waals surface area (Å²) in [4.78, 5) is 110. The van der Waals surface area contributed by atoms with Crippen molar-refractivity contribution in [3.63, 3.8) is 0 Å². The number of halogens is 2. The first-order valence-corrected chi connectivity index (χ1v) is 25.3. The fourth-order valence-electron chi connectivity index (χ4n) is 8.06. The third-order valence-corrected chi connectivity index (χ3v) is 12.6. The van der Waals surface area contributed by atoms with Gasteiger partial charge in [0.2, 0.25) is 41.4 Å². The highest BCUT2D eigenvalue weighted by Crippen LogP contribution is 2.41. The first-order valence-electron chi connectivity index (χ1n) is 24.2. The van der Waals surface area contributed by atoms with E-state index >= 15 is 4.39 Å². The van der Waals surface area contributed by atoms with Crippen molar-refractivity contribution in [2.24, 2.45) is 11.1 Å². The molecule has 7 amide bonds. The van der Waals surface area contributed by atoms with E-state index in [1.54, 1.807) is 36.2 Å². The Kier molecular flexibility index (Phi) is 23.2. The number of carbonyl (C=O) groups excluding carboxylic acids is 7. The number of aliphatic carboxylic acids is 1. The number of aromatic nitrogens is 2. The van der Waals surface area contributed by atoms with Crippen LogP contribution in [0.1, 0.15) is 89.6 Å². The summed E-state index contributed by atoms with van der Waals surface area (Å²) in [6.07, 6.45) is 4.46. The number of benzene rings is 2. The molecule has 2 aromatic carbocycles. The predicted molar refractivity (Wildman–Crippen MR) is 274 cm³/mol. The molecule has 2 heterocycles. The van der Waals surface area contributed by atoms with Gasteiger partial charge in [0, 0.05) is 67.2 Å². The zero-order valence-electron chi connectivity index (χ0n) is 42.2. The third-order valence-electron chi connectivity index (χ3n) is 11.6. The Morgan fingerprint density at radius 1 is 0.838 bits per heavy atom. The summed E-state index contributed by atoms with van der Waals surface area (Å²) in [7, 11) is 0. The van der Waals surface area contributed by atoms with Crippen LogP contribution in [0.5, 0.6) is 0 Å². The minimum Gasteiger partial charge on any atom is -0.480 e. The summed E-state index contributed by atoms with van der Waals surface area (Å²) in [5.41, 5.74) is 7.14. The second-order valence-corrected chi connectivity index (χ2v) is 19.8. The van der Waals surface area contributed by atoms with Gasteiger partial charge in [0.05, 0.1) is 31.2 Å². The third kappa shape index (κ3) is 18.7. The summed E-state index contributed by atoms with van der Waals surface area (Å²) in [5.74, 6) is -7.94. The first-order chi connectivity index (χ1) is 35.1. The molecule has 2 aromatic heterocycles. The SMILES string of the molecule is CCC[C@@H](NC(=O)[C@H](C)NC(=O)Cc1ccncc1)C(=O)N[C@@H](CC(N)=O)C(=O)NCCCN(C(=O)CSC[C@H](NC(=O)CCO)C(=O)O)[C@@H](c1cc(-c2cc(F)ccc2F)cn1Cc1ccccc1)C(C)(C)C. The number of hydrogen-bond donors (Lipinski definition) is 8. The monoisotopic (exact) mass is 1050 g/mol. The number of aliphatic hydroxyl groups excluding tert-OH is 1. The molecule has 5 atom stereocenters. The van der Waals surface area contributed by atoms with Crippen molar-refractivity contribution in [3.05, 3.63) is 114 Å². The molecule has 9 N–H and O–H groups in total. The molecule has 400 valence electrons. The summed E-state index contributed by atoms with van der Waals surface area (Å²) in [5, 5.41) is 31.8. The van der Waals surface area contributed by atoms with Gasteiger partial charge < -0.3 is 52.0 Å². The second-order valence-electron chi connectivity index (χ2n) is 18.7. The highest BCUT2D eigenvalue weighted by atomic mass is 32.2. The maximum atomic E-state index is 15.4. The lowest BCUT2D eigenvalue weighted by atomic mass is 9.83. The van der Waals surface area contributed by atoms with Crippen molar-refractivity contribution < 1.29 is 57.4 Å². The minimum atomic E-state index is -1.48. The van der Waals surface area contributed by atoms with E-state index < -0.39 is 108 Å². The van der Waals surface area contributed by atoms with E-state index in [0.29, 0.717) is 23.2 Å². The number of carbonyl (C=O) groups is 8. The molecule has 22 heteroatoms. The van der Waals surface area contributed by atoms with Gasteiger partial charge >= 0.3 is 5.97 Å². The number of nitrogens with two attached hydrogens (primary N) is 1. The molecule has 4 rings (SSSR count). The average molecular weight is 1050 g/mol. The summed E-state index contributed by atoms with van der Waals surface area (Å²) in [6.45, 7) is 8.51. The topological polar surface area (TPSA) is 284 Å². The van der Waals surface area contributed by atoms with Crippen LogP contribution in [0.15, 0.2) is 85.3 Å². The fraction of sp³-hybridized carbons (Fsp3) is 0.442. The zero-order valence-corrected chi connectivity index (χ0v) is 43.0. The average Bonchev–Trinajstić information content (AvgIpc) is 3.74. The van der Waals surface area contributed by atoms with Crippen LogP contribution in [0, 0.1) is 17.0 Å². The molecule has 19 nitrogen and oxygen atoms in total. The van der Waals surface area contributed by atoms with Crippen LogP contribution in [-0.4, -0.2) is 127 Å². The molecule has 0 bridgehead atoms. The molecule has 0 aliphatic heterocycles. The van der Waals surface area contributed by atoms with Crippen LogP contribution >= 0.6 is 11.8 Å². The molecule has 0 saturated heterocycles. The van der Waals surface area contributed by atoms with Crippen molar-refractivity contribution >= 4 is 59.1 Å². The number of rotatable bonds is 29. The number of primary amides is 1. The minimum absolute atomic E-state index is 0.0121. The number of nitrogens with zero attached hydrogens (tertiary/aromatic N) is 3. The largest absolute Gasteiger partial charge is 0.480 e. The number of carboxylic acids is 1. The number of nitrogens with one attached hydrogen (secondary N) is 5. The number of amides is 7. The number of aliphatic hydroxyl groups is 1. The zero-order chi connectivity index (χ0) is 54.5. The highest BCUT2D eigenvalue weighted by Gasteiger charge is 2.38. The van der Waals surface area contributed by atoms with Gasteiger partial charge in [0.25, 0.3) is 0 Å². The van der Waals surface area contributed by atoms with E-state index in [4.69, 9.17) is 10.8 Å². The van der Waals surface area contributed by atoms with Crippen LogP contribution in [0.3, 0.4) is 0 Å². The van der Waals surface area contributed by atoms with E-state index in [1.807, 2.05) is 55.7 Å². The molecule has 0 aliphatic carbocycles. The smallest absolute Gasteiger partial charge is 0.327 e. The van der Waals surface area contributed by atoms with E-state index in [-0.39, 0.29) is 62.4 Å². The molecule has 74 heavy (non-hydrogen) atoms. The molecule has 0 unspecified atom stereocenters. The Balaban J connectivity index is 1.59. The number of thioether (sulfide) groups is 1. The second kappa shape index (κ2) is 28.9. The van der Waals surface area contributed by atoms with Gasteiger partial charge in [-0.3, -0.25) is 38.5 Å². The van der Waals surface area contributed by atoms with Crippen molar-refractivity contribution in [2.45, 2.75) is 110 Å². The maximum absolute atomic E-state index is 15.4. The summed E-state index contributed by atoms with van der Waals surface area (Å²) in [6, 6.07) is 11.6. The highest BCUT2D eigenvalue weighted by molar-refractivity contribution is 8.00. The van der Waals surface area contributed by atoms with E-state index in [1.165, 1.54) is 19.3 Å². The molecule has 0 saturated carbocycles. The van der Waals surface area contributed by atoms with Gasteiger partial charge in [-0.2, -0.15) is 0 Å². The first kappa shape index (κ1) is 59.4. The Bertz CT molecular complexity index is 2560. The van der Waals surface area contributed by atoms with Crippen molar-refractivity contribution in [3.8, 4) is 11.1 Å². The Morgan fingerprint density at radius 2 is 1.53 bits per heavy atom. The van der Waals surface area contributed by atoms with Crippen molar-refractivity contribution in [2.75, 3.05) is 31.2 Å². The Labute approximate surface area is 433 Å². The molecular weight excluding hydrogens is 981 g/mol. The quantitative estimate of drug-likeness (QED) is 0.0364. The molecular formula is C52H67F2N9O10S. The van der Waals surface area contributed by atoms with Crippen LogP contribution in [-0.2, 0) is 51.3 Å². The van der Waals surface area contributed by atoms with Crippen molar-refractivity contribution in [1.29, 1.82) is 0 Å². The molecule has 0 radical (unpaired) electrons. The molecule has 0 fully saturated rings. The standard InChI is InChI=1S/C52H67F2N9O10S/c1-6-11-39(60-48(69)32(2)58-45(67)24-33-16-20-56-21-17-33)50(71)61-40(27-43(55)65)49(70)57-19-10-22-63(46(68)31-74-30-41(51(72)73)59-44(66)18-23-64)47(52(3,4)5)42-25-35(37-26-36(53)14-15-38(37)54)29-62(42)28-34-12-8-7-9-13-34/h7-9,12-17,20-21,25-26,29,32,39-41,47,64H,6,10-11,18-19,22-24,27-28,30-31H2,1-5H3,(H2,55,65)(H,57,70)(H,58,67)(H,59,66)(H,60,69)(H,61,71)(H,72,73)/t32-,39+,40-,41-,47-/m0/s1. The van der Waals surface area contributed by atoms with E-state index in [0.717, 1.165) is 35.5 Å². The lowest BCUT2D eigenvalue weighted by Gasteiger charge is -2.41. The Morgan fingerprint density at radius 3 is 2.16 bits per heavy atom. The van der Waals surface area contributed by atoms with Gasteiger partial charge in [0.15, 0.2) is 0 Å². The molecule has 4 aromatic rings. The van der Waals surface area contributed by atoms with Gasteiger partial charge in [-0.25, -0.2) is 13.6 Å². The Hall–Kier alpha value is -7.20. The van der Waals surface area contributed by atoms with Crippen LogP contribution in [0.2, 0.25) is 0 Å². The molecule has 0 spiro atoms. The fourth-order valence-corrected chi connectivity index (χ4v) is 8.98. The number of carboxylic acid groups (broad SMARTS) is 1. The van der Waals surface area contributed by atoms with E-state index in [9.17, 15) is 47.9 Å². The van der Waals surface area contributed by atoms with Gasteiger partial charge in [-0.05, 0) is 72.7 Å². The number of pyridine rings is 1. The lowest BCUT2D eigenvalue weighted by molar-refractivity contribution is -0.141. The van der Waals surface area contributed by atoms with Crippen LogP contribution < -0.4 is 32.3 Å². The lowest BCUT2D eigenvalue weighted by Crippen LogP contribution is -2.57. The van der Waals surface area contributed by atoms with Gasteiger partial charge in [0.1, 0.15) is 35.8 Å². The molecule has 0 aliphatic rings.